The Hall–Kier alpha value is -1.97. The fourth-order valence-corrected chi connectivity index (χ4v) is 2.69. The highest BCUT2D eigenvalue weighted by atomic mass is 32.1. The number of aromatic nitrogens is 1. The Balaban J connectivity index is 1.90. The zero-order valence-corrected chi connectivity index (χ0v) is 11.2. The Labute approximate surface area is 116 Å². The first-order valence-corrected chi connectivity index (χ1v) is 7.05. The molecule has 2 N–H and O–H groups in total. The molecular formula is C16H14N2S. The first kappa shape index (κ1) is 12.1. The van der Waals surface area contributed by atoms with Gasteiger partial charge >= 0.3 is 0 Å². The number of benzene rings is 2. The van der Waals surface area contributed by atoms with Crippen molar-refractivity contribution in [3.8, 4) is 22.4 Å². The van der Waals surface area contributed by atoms with Crippen molar-refractivity contribution in [2.24, 2.45) is 5.73 Å². The van der Waals surface area contributed by atoms with E-state index in [1.54, 1.807) is 11.3 Å². The third kappa shape index (κ3) is 2.57. The summed E-state index contributed by atoms with van der Waals surface area (Å²) in [6.07, 6.45) is 0. The molecule has 0 aliphatic rings. The Morgan fingerprint density at radius 3 is 2.11 bits per heavy atom. The van der Waals surface area contributed by atoms with E-state index in [0.717, 1.165) is 16.3 Å². The Kier molecular flexibility index (Phi) is 3.40. The van der Waals surface area contributed by atoms with Crippen LogP contribution in [0.15, 0.2) is 60.0 Å². The van der Waals surface area contributed by atoms with Crippen LogP contribution in [0.25, 0.3) is 22.4 Å². The van der Waals surface area contributed by atoms with E-state index in [0.29, 0.717) is 6.54 Å². The van der Waals surface area contributed by atoms with Crippen LogP contribution >= 0.6 is 11.3 Å². The molecule has 0 atom stereocenters. The van der Waals surface area contributed by atoms with Crippen molar-refractivity contribution in [1.29, 1.82) is 0 Å². The van der Waals surface area contributed by atoms with Crippen LogP contribution in [0, 0.1) is 0 Å². The molecule has 1 heterocycles. The lowest BCUT2D eigenvalue weighted by Gasteiger charge is -2.02. The van der Waals surface area contributed by atoms with Crippen LogP contribution < -0.4 is 5.73 Å². The van der Waals surface area contributed by atoms with E-state index in [-0.39, 0.29) is 0 Å². The van der Waals surface area contributed by atoms with Gasteiger partial charge in [-0.05, 0) is 11.1 Å². The highest BCUT2D eigenvalue weighted by Gasteiger charge is 2.04. The molecule has 94 valence electrons. The molecule has 0 saturated heterocycles. The van der Waals surface area contributed by atoms with Gasteiger partial charge in [0.2, 0.25) is 0 Å². The monoisotopic (exact) mass is 266 g/mol. The van der Waals surface area contributed by atoms with E-state index in [2.05, 4.69) is 58.9 Å². The van der Waals surface area contributed by atoms with Crippen molar-refractivity contribution in [2.45, 2.75) is 6.54 Å². The predicted octanol–water partition coefficient (Wildman–Crippen LogP) is 3.94. The molecule has 19 heavy (non-hydrogen) atoms. The predicted molar refractivity (Wildman–Crippen MR) is 80.9 cm³/mol. The van der Waals surface area contributed by atoms with E-state index in [1.807, 2.05) is 6.07 Å². The minimum Gasteiger partial charge on any atom is -0.325 e. The second-order valence-electron chi connectivity index (χ2n) is 4.27. The summed E-state index contributed by atoms with van der Waals surface area (Å²) in [6.45, 7) is 0.507. The van der Waals surface area contributed by atoms with Crippen molar-refractivity contribution in [1.82, 2.24) is 4.98 Å². The van der Waals surface area contributed by atoms with Crippen LogP contribution in [0.1, 0.15) is 5.01 Å². The lowest BCUT2D eigenvalue weighted by atomic mass is 10.0. The zero-order chi connectivity index (χ0) is 13.1. The average Bonchev–Trinajstić information content (AvgIpc) is 2.97. The van der Waals surface area contributed by atoms with Crippen molar-refractivity contribution in [2.75, 3.05) is 0 Å². The zero-order valence-electron chi connectivity index (χ0n) is 10.4. The summed E-state index contributed by atoms with van der Waals surface area (Å²) in [5.74, 6) is 0. The van der Waals surface area contributed by atoms with Crippen molar-refractivity contribution in [3.63, 3.8) is 0 Å². The topological polar surface area (TPSA) is 38.9 Å². The first-order chi connectivity index (χ1) is 9.36. The maximum atomic E-state index is 5.59. The lowest BCUT2D eigenvalue weighted by molar-refractivity contribution is 1.04. The van der Waals surface area contributed by atoms with Gasteiger partial charge in [0, 0.05) is 17.5 Å². The molecule has 0 amide bonds. The van der Waals surface area contributed by atoms with Gasteiger partial charge < -0.3 is 5.73 Å². The van der Waals surface area contributed by atoms with Gasteiger partial charge in [0.1, 0.15) is 5.01 Å². The van der Waals surface area contributed by atoms with Crippen LogP contribution in [-0.2, 0) is 6.54 Å². The van der Waals surface area contributed by atoms with Crippen LogP contribution in [0.2, 0.25) is 0 Å². The van der Waals surface area contributed by atoms with E-state index < -0.39 is 0 Å². The normalized spacial score (nSPS) is 10.6. The van der Waals surface area contributed by atoms with Crippen LogP contribution in [0.4, 0.5) is 0 Å². The highest BCUT2D eigenvalue weighted by Crippen LogP contribution is 2.25. The van der Waals surface area contributed by atoms with Crippen molar-refractivity contribution < 1.29 is 0 Å². The molecular weight excluding hydrogens is 252 g/mol. The quantitative estimate of drug-likeness (QED) is 0.780. The molecule has 0 saturated carbocycles. The van der Waals surface area contributed by atoms with E-state index in [9.17, 15) is 0 Å². The summed E-state index contributed by atoms with van der Waals surface area (Å²) in [5.41, 5.74) is 10.2. The fraction of sp³-hybridized carbons (Fsp3) is 0.0625. The molecule has 3 heteroatoms. The molecule has 0 fully saturated rings. The molecule has 2 aromatic carbocycles. The molecule has 0 radical (unpaired) electrons. The molecule has 2 nitrogen and oxygen atoms in total. The molecule has 3 rings (SSSR count). The highest BCUT2D eigenvalue weighted by molar-refractivity contribution is 7.09. The largest absolute Gasteiger partial charge is 0.325 e. The molecule has 0 unspecified atom stereocenters. The maximum Gasteiger partial charge on any atom is 0.107 e. The third-order valence-electron chi connectivity index (χ3n) is 3.01. The molecule has 1 aromatic heterocycles. The van der Waals surface area contributed by atoms with E-state index >= 15 is 0 Å². The summed E-state index contributed by atoms with van der Waals surface area (Å²) in [5, 5.41) is 3.03. The van der Waals surface area contributed by atoms with E-state index in [4.69, 9.17) is 5.73 Å². The number of nitrogens with two attached hydrogens (primary N) is 1. The smallest absolute Gasteiger partial charge is 0.107 e. The van der Waals surface area contributed by atoms with Gasteiger partial charge in [0.05, 0.1) is 5.69 Å². The number of hydrogen-bond acceptors (Lipinski definition) is 3. The van der Waals surface area contributed by atoms with E-state index in [1.165, 1.54) is 11.1 Å². The van der Waals surface area contributed by atoms with Gasteiger partial charge in [-0.1, -0.05) is 54.6 Å². The van der Waals surface area contributed by atoms with Gasteiger partial charge in [0.15, 0.2) is 0 Å². The lowest BCUT2D eigenvalue weighted by Crippen LogP contribution is -1.94. The third-order valence-corrected chi connectivity index (χ3v) is 3.89. The number of thiazole rings is 1. The molecule has 0 spiro atoms. The Morgan fingerprint density at radius 2 is 1.47 bits per heavy atom. The van der Waals surface area contributed by atoms with Crippen molar-refractivity contribution >= 4 is 11.3 Å². The number of nitrogens with zero attached hydrogens (tertiary/aromatic N) is 1. The summed E-state index contributed by atoms with van der Waals surface area (Å²) < 4.78 is 0. The van der Waals surface area contributed by atoms with Crippen LogP contribution in [0.3, 0.4) is 0 Å². The van der Waals surface area contributed by atoms with Gasteiger partial charge in [-0.3, -0.25) is 0 Å². The first-order valence-electron chi connectivity index (χ1n) is 6.17. The molecule has 0 aliphatic carbocycles. The summed E-state index contributed by atoms with van der Waals surface area (Å²) in [4.78, 5) is 4.49. The number of hydrogen-bond donors (Lipinski definition) is 1. The summed E-state index contributed by atoms with van der Waals surface area (Å²) >= 11 is 1.61. The Bertz CT molecular complexity index is 657. The average molecular weight is 266 g/mol. The maximum absolute atomic E-state index is 5.59. The van der Waals surface area contributed by atoms with Crippen molar-refractivity contribution in [3.05, 3.63) is 65.0 Å². The van der Waals surface area contributed by atoms with Gasteiger partial charge in [0.25, 0.3) is 0 Å². The second kappa shape index (κ2) is 5.34. The second-order valence-corrected chi connectivity index (χ2v) is 5.22. The minimum atomic E-state index is 0.507. The van der Waals surface area contributed by atoms with Gasteiger partial charge in [-0.15, -0.1) is 11.3 Å². The minimum absolute atomic E-state index is 0.507. The molecule has 3 aromatic rings. The van der Waals surface area contributed by atoms with Gasteiger partial charge in [-0.25, -0.2) is 4.98 Å². The van der Waals surface area contributed by atoms with Gasteiger partial charge in [-0.2, -0.15) is 0 Å². The standard InChI is InChI=1S/C16H14N2S/c17-10-16-18-15(11-19-16)14-8-6-13(7-9-14)12-4-2-1-3-5-12/h1-9,11H,10,17H2. The number of rotatable bonds is 3. The van der Waals surface area contributed by atoms with Crippen LogP contribution in [-0.4, -0.2) is 4.98 Å². The molecule has 0 bridgehead atoms. The summed E-state index contributed by atoms with van der Waals surface area (Å²) in [7, 11) is 0. The van der Waals surface area contributed by atoms with Crippen LogP contribution in [0.5, 0.6) is 0 Å². The SMILES string of the molecule is NCc1nc(-c2ccc(-c3ccccc3)cc2)cs1. The summed E-state index contributed by atoms with van der Waals surface area (Å²) in [6, 6.07) is 18.8. The Morgan fingerprint density at radius 1 is 0.842 bits per heavy atom. The molecule has 0 aliphatic heterocycles. The fourth-order valence-electron chi connectivity index (χ4n) is 2.00.